The minimum atomic E-state index is -0.669. The number of esters is 1. The van der Waals surface area contributed by atoms with Crippen molar-refractivity contribution in [3.8, 4) is 11.8 Å². The van der Waals surface area contributed by atoms with Crippen molar-refractivity contribution in [2.75, 3.05) is 6.61 Å². The molecule has 0 unspecified atom stereocenters. The Morgan fingerprint density at radius 3 is 2.82 bits per heavy atom. The third-order valence-electron chi connectivity index (χ3n) is 2.01. The van der Waals surface area contributed by atoms with Gasteiger partial charge in [-0.15, -0.1) is 0 Å². The fourth-order valence-corrected chi connectivity index (χ4v) is 1.17. The van der Waals surface area contributed by atoms with E-state index in [1.165, 1.54) is 12.1 Å². The van der Waals surface area contributed by atoms with Crippen molar-refractivity contribution in [3.63, 3.8) is 0 Å². The summed E-state index contributed by atoms with van der Waals surface area (Å²) < 4.78 is 4.84. The average Bonchev–Trinajstić information content (AvgIpc) is 2.35. The normalized spacial score (nSPS) is 10.7. The Morgan fingerprint density at radius 1 is 1.53 bits per heavy atom. The van der Waals surface area contributed by atoms with E-state index in [9.17, 15) is 9.90 Å². The van der Waals surface area contributed by atoms with Crippen LogP contribution in [0.3, 0.4) is 0 Å². The average molecular weight is 231 g/mol. The molecule has 0 saturated heterocycles. The number of nitrogens with zero attached hydrogens (tertiary/aromatic N) is 1. The second kappa shape index (κ2) is 6.33. The van der Waals surface area contributed by atoms with Crippen LogP contribution in [0.5, 0.6) is 5.75 Å². The Bertz CT molecular complexity index is 472. The summed E-state index contributed by atoms with van der Waals surface area (Å²) >= 11 is 0. The lowest BCUT2D eigenvalue weighted by molar-refractivity contribution is -0.138. The molecule has 4 heteroatoms. The van der Waals surface area contributed by atoms with Crippen LogP contribution in [0.15, 0.2) is 29.8 Å². The maximum Gasteiger partial charge on any atom is 0.348 e. The predicted molar refractivity (Wildman–Crippen MR) is 62.9 cm³/mol. The molecule has 0 fully saturated rings. The largest absolute Gasteiger partial charge is 0.507 e. The Hall–Kier alpha value is -2.28. The second-order valence-electron chi connectivity index (χ2n) is 3.36. The molecule has 0 spiro atoms. The van der Waals surface area contributed by atoms with Crippen molar-refractivity contribution in [2.24, 2.45) is 0 Å². The van der Waals surface area contributed by atoms with E-state index in [0.717, 1.165) is 0 Å². The van der Waals surface area contributed by atoms with Gasteiger partial charge in [0.2, 0.25) is 0 Å². The lowest BCUT2D eigenvalue weighted by atomic mass is 10.1. The molecule has 0 aromatic heterocycles. The van der Waals surface area contributed by atoms with E-state index in [-0.39, 0.29) is 17.9 Å². The molecule has 1 aromatic carbocycles. The first-order valence-corrected chi connectivity index (χ1v) is 5.26. The van der Waals surface area contributed by atoms with Gasteiger partial charge in [0.05, 0.1) is 6.61 Å². The van der Waals surface area contributed by atoms with Crippen LogP contribution in [0.1, 0.15) is 18.9 Å². The van der Waals surface area contributed by atoms with E-state index in [4.69, 9.17) is 10.00 Å². The number of carbonyl (C=O) groups is 1. The quantitative estimate of drug-likeness (QED) is 0.490. The van der Waals surface area contributed by atoms with Crippen molar-refractivity contribution in [3.05, 3.63) is 35.4 Å². The summed E-state index contributed by atoms with van der Waals surface area (Å²) in [7, 11) is 0. The summed E-state index contributed by atoms with van der Waals surface area (Å²) in [6, 6.07) is 8.22. The van der Waals surface area contributed by atoms with Crippen LogP contribution in [0.2, 0.25) is 0 Å². The maximum atomic E-state index is 11.5. The molecular formula is C13H13NO3. The lowest BCUT2D eigenvalue weighted by Crippen LogP contribution is -2.07. The van der Waals surface area contributed by atoms with Gasteiger partial charge < -0.3 is 9.84 Å². The van der Waals surface area contributed by atoms with E-state index in [1.54, 1.807) is 24.3 Å². The summed E-state index contributed by atoms with van der Waals surface area (Å²) in [5.41, 5.74) is 0.289. The van der Waals surface area contributed by atoms with E-state index in [1.807, 2.05) is 6.92 Å². The van der Waals surface area contributed by atoms with Gasteiger partial charge in [-0.05, 0) is 18.6 Å². The molecule has 0 radical (unpaired) electrons. The SMILES string of the molecule is CCCOC(=O)C(C#N)=Cc1ccccc1O. The Kier molecular flexibility index (Phi) is 4.77. The van der Waals surface area contributed by atoms with Gasteiger partial charge in [-0.25, -0.2) is 4.79 Å². The van der Waals surface area contributed by atoms with Gasteiger partial charge in [0.15, 0.2) is 0 Å². The minimum Gasteiger partial charge on any atom is -0.507 e. The molecule has 0 aliphatic carbocycles. The van der Waals surface area contributed by atoms with Crippen molar-refractivity contribution in [1.82, 2.24) is 0 Å². The van der Waals surface area contributed by atoms with E-state index < -0.39 is 5.97 Å². The van der Waals surface area contributed by atoms with Crippen molar-refractivity contribution >= 4 is 12.0 Å². The molecule has 0 amide bonds. The first kappa shape index (κ1) is 12.8. The number of nitriles is 1. The predicted octanol–water partition coefficient (Wildman–Crippen LogP) is 2.25. The molecule has 1 N–H and O–H groups in total. The topological polar surface area (TPSA) is 70.3 Å². The molecular weight excluding hydrogens is 218 g/mol. The zero-order valence-electron chi connectivity index (χ0n) is 9.51. The standard InChI is InChI=1S/C13H13NO3/c1-2-7-17-13(16)11(9-14)8-10-5-3-4-6-12(10)15/h3-6,8,15H,2,7H2,1H3. The van der Waals surface area contributed by atoms with Crippen LogP contribution in [-0.2, 0) is 9.53 Å². The third-order valence-corrected chi connectivity index (χ3v) is 2.01. The fourth-order valence-electron chi connectivity index (χ4n) is 1.17. The number of rotatable bonds is 4. The van der Waals surface area contributed by atoms with Gasteiger partial charge in [-0.3, -0.25) is 0 Å². The number of para-hydroxylation sites is 1. The van der Waals surface area contributed by atoms with Crippen LogP contribution >= 0.6 is 0 Å². The van der Waals surface area contributed by atoms with Crippen LogP contribution in [-0.4, -0.2) is 17.7 Å². The smallest absolute Gasteiger partial charge is 0.348 e. The summed E-state index contributed by atoms with van der Waals surface area (Å²) in [4.78, 5) is 11.5. The van der Waals surface area contributed by atoms with Gasteiger partial charge in [0.1, 0.15) is 17.4 Å². The van der Waals surface area contributed by atoms with Crippen LogP contribution < -0.4 is 0 Å². The summed E-state index contributed by atoms with van der Waals surface area (Å²) in [5, 5.41) is 18.4. The monoisotopic (exact) mass is 231 g/mol. The first-order valence-electron chi connectivity index (χ1n) is 5.26. The molecule has 0 aliphatic rings. The molecule has 1 aromatic rings. The number of carbonyl (C=O) groups excluding carboxylic acids is 1. The van der Waals surface area contributed by atoms with Gasteiger partial charge in [-0.1, -0.05) is 25.1 Å². The molecule has 17 heavy (non-hydrogen) atoms. The number of hydrogen-bond acceptors (Lipinski definition) is 4. The highest BCUT2D eigenvalue weighted by Crippen LogP contribution is 2.19. The number of phenolic OH excluding ortho intramolecular Hbond substituents is 1. The number of hydrogen-bond donors (Lipinski definition) is 1. The number of phenols is 1. The molecule has 0 bridgehead atoms. The third kappa shape index (κ3) is 3.65. The van der Waals surface area contributed by atoms with E-state index >= 15 is 0 Å². The zero-order valence-corrected chi connectivity index (χ0v) is 9.51. The Balaban J connectivity index is 2.92. The Morgan fingerprint density at radius 2 is 2.24 bits per heavy atom. The molecule has 0 atom stereocenters. The summed E-state index contributed by atoms with van der Waals surface area (Å²) in [6.07, 6.45) is 2.01. The van der Waals surface area contributed by atoms with E-state index in [2.05, 4.69) is 0 Å². The molecule has 1 rings (SSSR count). The number of aromatic hydroxyl groups is 1. The van der Waals surface area contributed by atoms with Crippen LogP contribution in [0.4, 0.5) is 0 Å². The molecule has 88 valence electrons. The van der Waals surface area contributed by atoms with Gasteiger partial charge >= 0.3 is 5.97 Å². The van der Waals surface area contributed by atoms with E-state index in [0.29, 0.717) is 12.0 Å². The fraction of sp³-hybridized carbons (Fsp3) is 0.231. The van der Waals surface area contributed by atoms with Crippen molar-refractivity contribution in [2.45, 2.75) is 13.3 Å². The van der Waals surface area contributed by atoms with Gasteiger partial charge in [0.25, 0.3) is 0 Å². The number of ether oxygens (including phenoxy) is 1. The zero-order chi connectivity index (χ0) is 12.7. The summed E-state index contributed by atoms with van der Waals surface area (Å²) in [6.45, 7) is 2.14. The lowest BCUT2D eigenvalue weighted by Gasteiger charge is -2.02. The minimum absolute atomic E-state index is 0.0172. The highest BCUT2D eigenvalue weighted by molar-refractivity contribution is 5.98. The van der Waals surface area contributed by atoms with Crippen LogP contribution in [0, 0.1) is 11.3 Å². The van der Waals surface area contributed by atoms with Crippen LogP contribution in [0.25, 0.3) is 6.08 Å². The maximum absolute atomic E-state index is 11.5. The van der Waals surface area contributed by atoms with Crippen molar-refractivity contribution in [1.29, 1.82) is 5.26 Å². The highest BCUT2D eigenvalue weighted by Gasteiger charge is 2.10. The molecule has 0 aliphatic heterocycles. The van der Waals surface area contributed by atoms with Gasteiger partial charge in [0, 0.05) is 5.56 Å². The molecule has 4 nitrogen and oxygen atoms in total. The highest BCUT2D eigenvalue weighted by atomic mass is 16.5. The Labute approximate surface area is 99.8 Å². The number of benzene rings is 1. The van der Waals surface area contributed by atoms with Gasteiger partial charge in [-0.2, -0.15) is 5.26 Å². The molecule has 0 heterocycles. The first-order chi connectivity index (χ1) is 8.19. The summed E-state index contributed by atoms with van der Waals surface area (Å²) in [5.74, 6) is -0.652. The molecule has 0 saturated carbocycles. The second-order valence-corrected chi connectivity index (χ2v) is 3.36. The van der Waals surface area contributed by atoms with Crippen molar-refractivity contribution < 1.29 is 14.6 Å².